The highest BCUT2D eigenvalue weighted by Crippen LogP contribution is 2.13. The fourth-order valence-electron chi connectivity index (χ4n) is 2.23. The van der Waals surface area contributed by atoms with E-state index in [1.54, 1.807) is 0 Å². The molecule has 0 aliphatic carbocycles. The molecular weight excluding hydrogens is 411 g/mol. The zero-order valence-electron chi connectivity index (χ0n) is 14.6. The minimum Gasteiger partial charge on any atom is -0.378 e. The van der Waals surface area contributed by atoms with Crippen LogP contribution in [0.15, 0.2) is 59.6 Å². The summed E-state index contributed by atoms with van der Waals surface area (Å²) >= 11 is 0. The first kappa shape index (κ1) is 20.3. The van der Waals surface area contributed by atoms with E-state index in [4.69, 9.17) is 0 Å². The summed E-state index contributed by atoms with van der Waals surface area (Å²) in [6.45, 7) is 4.35. The zero-order chi connectivity index (χ0) is 16.5. The molecule has 0 bridgehead atoms. The van der Waals surface area contributed by atoms with Crippen molar-refractivity contribution < 1.29 is 0 Å². The monoisotopic (exact) mass is 438 g/mol. The van der Waals surface area contributed by atoms with E-state index in [0.717, 1.165) is 19.0 Å². The quantitative estimate of drug-likeness (QED) is 0.411. The van der Waals surface area contributed by atoms with E-state index < -0.39 is 0 Å². The van der Waals surface area contributed by atoms with Crippen molar-refractivity contribution in [2.75, 3.05) is 25.5 Å². The van der Waals surface area contributed by atoms with Crippen LogP contribution in [0, 0.1) is 0 Å². The van der Waals surface area contributed by atoms with Crippen LogP contribution in [-0.4, -0.2) is 26.6 Å². The number of hydrogen-bond acceptors (Lipinski definition) is 2. The summed E-state index contributed by atoms with van der Waals surface area (Å²) in [7, 11) is 4.10. The lowest BCUT2D eigenvalue weighted by molar-refractivity contribution is 0.816. The van der Waals surface area contributed by atoms with Crippen LogP contribution in [0.5, 0.6) is 0 Å². The molecule has 0 radical (unpaired) electrons. The predicted octanol–water partition coefficient (Wildman–Crippen LogP) is 3.63. The second-order valence-electron chi connectivity index (χ2n) is 5.60. The van der Waals surface area contributed by atoms with Crippen molar-refractivity contribution in [3.8, 4) is 0 Å². The Balaban J connectivity index is 0.00000288. The summed E-state index contributed by atoms with van der Waals surface area (Å²) in [5, 5.41) is 6.66. The number of guanidine groups is 1. The number of benzene rings is 2. The normalized spacial score (nSPS) is 10.7. The Kier molecular flexibility index (Phi) is 9.22. The van der Waals surface area contributed by atoms with Gasteiger partial charge in [-0.2, -0.15) is 0 Å². The van der Waals surface area contributed by atoms with Gasteiger partial charge >= 0.3 is 0 Å². The molecule has 0 saturated carbocycles. The molecule has 0 heterocycles. The number of aliphatic imine (C=N–C) groups is 1. The van der Waals surface area contributed by atoms with E-state index in [0.29, 0.717) is 6.54 Å². The fourth-order valence-corrected chi connectivity index (χ4v) is 2.23. The van der Waals surface area contributed by atoms with Crippen molar-refractivity contribution in [2.24, 2.45) is 4.99 Å². The minimum atomic E-state index is 0. The second-order valence-corrected chi connectivity index (χ2v) is 5.60. The lowest BCUT2D eigenvalue weighted by Gasteiger charge is -2.14. The molecule has 0 atom stereocenters. The van der Waals surface area contributed by atoms with Gasteiger partial charge in [0.05, 0.1) is 6.54 Å². The van der Waals surface area contributed by atoms with Crippen molar-refractivity contribution in [2.45, 2.75) is 20.0 Å². The predicted molar refractivity (Wildman–Crippen MR) is 114 cm³/mol. The molecule has 0 fully saturated rings. The van der Waals surface area contributed by atoms with Crippen molar-refractivity contribution in [3.05, 3.63) is 65.7 Å². The number of anilines is 1. The third-order valence-electron chi connectivity index (χ3n) is 3.49. The van der Waals surface area contributed by atoms with Gasteiger partial charge in [0.1, 0.15) is 0 Å². The first-order chi connectivity index (χ1) is 11.2. The Bertz CT molecular complexity index is 626. The maximum Gasteiger partial charge on any atom is 0.191 e. The van der Waals surface area contributed by atoms with Gasteiger partial charge < -0.3 is 15.5 Å². The average Bonchev–Trinajstić information content (AvgIpc) is 2.58. The van der Waals surface area contributed by atoms with Gasteiger partial charge in [0.2, 0.25) is 0 Å². The average molecular weight is 438 g/mol. The molecular formula is C19H27IN4. The molecule has 0 unspecified atom stereocenters. The van der Waals surface area contributed by atoms with Crippen molar-refractivity contribution in [1.29, 1.82) is 0 Å². The van der Waals surface area contributed by atoms with Crippen LogP contribution >= 0.6 is 24.0 Å². The van der Waals surface area contributed by atoms with Crippen LogP contribution in [0.3, 0.4) is 0 Å². The highest BCUT2D eigenvalue weighted by Gasteiger charge is 2.00. The molecule has 2 N–H and O–H groups in total. The largest absolute Gasteiger partial charge is 0.378 e. The van der Waals surface area contributed by atoms with E-state index in [9.17, 15) is 0 Å². The van der Waals surface area contributed by atoms with Crippen LogP contribution in [0.2, 0.25) is 0 Å². The third-order valence-corrected chi connectivity index (χ3v) is 3.49. The SMILES string of the molecule is CCNC(=NCc1cccc(N(C)C)c1)NCc1ccccc1.I. The number of hydrogen-bond donors (Lipinski definition) is 2. The zero-order valence-corrected chi connectivity index (χ0v) is 17.0. The van der Waals surface area contributed by atoms with E-state index in [-0.39, 0.29) is 24.0 Å². The molecule has 0 aromatic heterocycles. The standard InChI is InChI=1S/C19H26N4.HI/c1-4-20-19(21-14-16-9-6-5-7-10-16)22-15-17-11-8-12-18(13-17)23(2)3;/h5-13H,4,14-15H2,1-3H3,(H2,20,21,22);1H. The first-order valence-electron chi connectivity index (χ1n) is 8.01. The minimum absolute atomic E-state index is 0. The highest BCUT2D eigenvalue weighted by atomic mass is 127. The molecule has 24 heavy (non-hydrogen) atoms. The lowest BCUT2D eigenvalue weighted by atomic mass is 10.2. The number of nitrogens with zero attached hydrogens (tertiary/aromatic N) is 2. The van der Waals surface area contributed by atoms with Gasteiger partial charge in [0.15, 0.2) is 5.96 Å². The lowest BCUT2D eigenvalue weighted by Crippen LogP contribution is -2.36. The van der Waals surface area contributed by atoms with Crippen LogP contribution < -0.4 is 15.5 Å². The third kappa shape index (κ3) is 6.78. The Morgan fingerprint density at radius 3 is 2.33 bits per heavy atom. The van der Waals surface area contributed by atoms with Gasteiger partial charge in [0, 0.05) is 32.9 Å². The summed E-state index contributed by atoms with van der Waals surface area (Å²) in [6, 6.07) is 18.8. The summed E-state index contributed by atoms with van der Waals surface area (Å²) in [6.07, 6.45) is 0. The number of halogens is 1. The molecule has 0 aliphatic heterocycles. The van der Waals surface area contributed by atoms with Gasteiger partial charge in [0.25, 0.3) is 0 Å². The maximum atomic E-state index is 4.68. The Labute approximate surface area is 162 Å². The van der Waals surface area contributed by atoms with E-state index >= 15 is 0 Å². The van der Waals surface area contributed by atoms with E-state index in [1.807, 2.05) is 32.3 Å². The molecule has 0 spiro atoms. The van der Waals surface area contributed by atoms with Crippen LogP contribution in [0.1, 0.15) is 18.1 Å². The van der Waals surface area contributed by atoms with Crippen LogP contribution in [0.4, 0.5) is 5.69 Å². The molecule has 2 aromatic rings. The summed E-state index contributed by atoms with van der Waals surface area (Å²) in [5.41, 5.74) is 3.64. The molecule has 130 valence electrons. The Morgan fingerprint density at radius 2 is 1.67 bits per heavy atom. The maximum absolute atomic E-state index is 4.68. The summed E-state index contributed by atoms with van der Waals surface area (Å²) < 4.78 is 0. The molecule has 4 nitrogen and oxygen atoms in total. The highest BCUT2D eigenvalue weighted by molar-refractivity contribution is 14.0. The van der Waals surface area contributed by atoms with Gasteiger partial charge in [-0.15, -0.1) is 24.0 Å². The van der Waals surface area contributed by atoms with E-state index in [2.05, 4.69) is 63.8 Å². The summed E-state index contributed by atoms with van der Waals surface area (Å²) in [4.78, 5) is 6.78. The fraction of sp³-hybridized carbons (Fsp3) is 0.316. The first-order valence-corrected chi connectivity index (χ1v) is 8.01. The molecule has 2 rings (SSSR count). The van der Waals surface area contributed by atoms with Crippen molar-refractivity contribution in [1.82, 2.24) is 10.6 Å². The van der Waals surface area contributed by atoms with Gasteiger partial charge in [-0.05, 0) is 30.2 Å². The summed E-state index contributed by atoms with van der Waals surface area (Å²) in [5.74, 6) is 0.839. The Morgan fingerprint density at radius 1 is 0.958 bits per heavy atom. The number of rotatable bonds is 6. The van der Waals surface area contributed by atoms with Gasteiger partial charge in [-0.3, -0.25) is 0 Å². The van der Waals surface area contributed by atoms with E-state index in [1.165, 1.54) is 16.8 Å². The van der Waals surface area contributed by atoms with Crippen molar-refractivity contribution >= 4 is 35.6 Å². The smallest absolute Gasteiger partial charge is 0.191 e. The molecule has 5 heteroatoms. The number of nitrogens with one attached hydrogen (secondary N) is 2. The van der Waals surface area contributed by atoms with Gasteiger partial charge in [-0.25, -0.2) is 4.99 Å². The Hall–Kier alpha value is -1.76. The molecule has 2 aromatic carbocycles. The second kappa shape index (κ2) is 10.9. The van der Waals surface area contributed by atoms with Crippen LogP contribution in [-0.2, 0) is 13.1 Å². The molecule has 0 saturated heterocycles. The topological polar surface area (TPSA) is 39.7 Å². The van der Waals surface area contributed by atoms with Crippen LogP contribution in [0.25, 0.3) is 0 Å². The van der Waals surface area contributed by atoms with Crippen molar-refractivity contribution in [3.63, 3.8) is 0 Å². The van der Waals surface area contributed by atoms with Gasteiger partial charge in [-0.1, -0.05) is 42.5 Å². The molecule has 0 aliphatic rings. The molecule has 0 amide bonds.